The van der Waals surface area contributed by atoms with Gasteiger partial charge in [0.05, 0.1) is 18.8 Å². The SMILES string of the molecule is Cc1cc(/C=C(\C#N)C(=O)N[C@H](C)c2ccccc2)c(C)n1Cc1ccco1. The van der Waals surface area contributed by atoms with Crippen molar-refractivity contribution in [3.05, 3.63) is 88.6 Å². The molecular weight excluding hydrogens is 350 g/mol. The van der Waals surface area contributed by atoms with E-state index in [1.807, 2.05) is 75.4 Å². The number of amides is 1. The summed E-state index contributed by atoms with van der Waals surface area (Å²) in [6.45, 7) is 6.48. The normalized spacial score (nSPS) is 12.4. The second-order valence-electron chi connectivity index (χ2n) is 6.77. The van der Waals surface area contributed by atoms with Crippen LogP contribution >= 0.6 is 0 Å². The molecule has 0 unspecified atom stereocenters. The number of nitrogens with one attached hydrogen (secondary N) is 1. The summed E-state index contributed by atoms with van der Waals surface area (Å²) in [5.74, 6) is 0.474. The molecule has 0 fully saturated rings. The van der Waals surface area contributed by atoms with Crippen molar-refractivity contribution >= 4 is 12.0 Å². The highest BCUT2D eigenvalue weighted by Gasteiger charge is 2.16. The standard InChI is InChI=1S/C23H23N3O2/c1-16-12-20(18(3)26(16)15-22-10-7-11-28-22)13-21(14-24)23(27)25-17(2)19-8-5-4-6-9-19/h4-13,17H,15H2,1-3H3,(H,25,27)/b21-13+/t17-/m1/s1. The number of carbonyl (C=O) groups excluding carboxylic acids is 1. The number of aryl methyl sites for hydroxylation is 1. The van der Waals surface area contributed by atoms with Crippen LogP contribution in [0.4, 0.5) is 0 Å². The number of hydrogen-bond donors (Lipinski definition) is 1. The van der Waals surface area contributed by atoms with Gasteiger partial charge in [-0.25, -0.2) is 0 Å². The minimum atomic E-state index is -0.380. The molecule has 0 radical (unpaired) electrons. The molecule has 2 aromatic heterocycles. The Balaban J connectivity index is 1.80. The largest absolute Gasteiger partial charge is 0.467 e. The Hall–Kier alpha value is -3.52. The number of aromatic nitrogens is 1. The molecule has 28 heavy (non-hydrogen) atoms. The molecule has 0 aliphatic rings. The fraction of sp³-hybridized carbons (Fsp3) is 0.217. The van der Waals surface area contributed by atoms with E-state index in [0.717, 1.165) is 28.3 Å². The number of benzene rings is 1. The van der Waals surface area contributed by atoms with Crippen LogP contribution in [0.15, 0.2) is 64.8 Å². The maximum Gasteiger partial charge on any atom is 0.262 e. The van der Waals surface area contributed by atoms with Gasteiger partial charge in [-0.1, -0.05) is 30.3 Å². The third kappa shape index (κ3) is 4.24. The molecule has 0 bridgehead atoms. The molecule has 0 saturated carbocycles. The van der Waals surface area contributed by atoms with Gasteiger partial charge < -0.3 is 14.3 Å². The average Bonchev–Trinajstić information content (AvgIpc) is 3.30. The number of rotatable bonds is 6. The van der Waals surface area contributed by atoms with E-state index in [-0.39, 0.29) is 17.5 Å². The smallest absolute Gasteiger partial charge is 0.262 e. The van der Waals surface area contributed by atoms with E-state index in [2.05, 4.69) is 9.88 Å². The van der Waals surface area contributed by atoms with E-state index in [4.69, 9.17) is 4.42 Å². The van der Waals surface area contributed by atoms with Crippen LogP contribution in [0.5, 0.6) is 0 Å². The third-order valence-corrected chi connectivity index (χ3v) is 4.82. The third-order valence-electron chi connectivity index (χ3n) is 4.82. The van der Waals surface area contributed by atoms with E-state index in [1.165, 1.54) is 0 Å². The molecule has 1 amide bonds. The van der Waals surface area contributed by atoms with Gasteiger partial charge >= 0.3 is 0 Å². The van der Waals surface area contributed by atoms with E-state index < -0.39 is 0 Å². The van der Waals surface area contributed by atoms with Crippen LogP contribution in [0.25, 0.3) is 6.08 Å². The monoisotopic (exact) mass is 373 g/mol. The molecule has 0 aliphatic heterocycles. The van der Waals surface area contributed by atoms with Gasteiger partial charge in [0.25, 0.3) is 5.91 Å². The number of nitriles is 1. The van der Waals surface area contributed by atoms with Crippen LogP contribution < -0.4 is 5.32 Å². The minimum absolute atomic E-state index is 0.0843. The van der Waals surface area contributed by atoms with Crippen molar-refractivity contribution in [3.63, 3.8) is 0 Å². The molecule has 3 rings (SSSR count). The zero-order valence-electron chi connectivity index (χ0n) is 16.3. The lowest BCUT2D eigenvalue weighted by Crippen LogP contribution is -2.27. The van der Waals surface area contributed by atoms with E-state index in [1.54, 1.807) is 12.3 Å². The van der Waals surface area contributed by atoms with Crippen LogP contribution in [-0.4, -0.2) is 10.5 Å². The van der Waals surface area contributed by atoms with Gasteiger partial charge in [-0.15, -0.1) is 0 Å². The summed E-state index contributed by atoms with van der Waals surface area (Å²) in [5.41, 5.74) is 3.94. The highest BCUT2D eigenvalue weighted by molar-refractivity contribution is 6.02. The van der Waals surface area contributed by atoms with Crippen molar-refractivity contribution in [2.24, 2.45) is 0 Å². The topological polar surface area (TPSA) is 71.0 Å². The predicted molar refractivity (Wildman–Crippen MR) is 108 cm³/mol. The van der Waals surface area contributed by atoms with E-state index in [0.29, 0.717) is 6.54 Å². The first-order valence-electron chi connectivity index (χ1n) is 9.16. The van der Waals surface area contributed by atoms with Crippen molar-refractivity contribution in [3.8, 4) is 6.07 Å². The molecule has 0 aliphatic carbocycles. The Morgan fingerprint density at radius 2 is 2.00 bits per heavy atom. The number of hydrogen-bond acceptors (Lipinski definition) is 3. The van der Waals surface area contributed by atoms with Crippen LogP contribution in [0.3, 0.4) is 0 Å². The fourth-order valence-electron chi connectivity index (χ4n) is 3.18. The maximum absolute atomic E-state index is 12.6. The zero-order chi connectivity index (χ0) is 20.1. The first-order valence-corrected chi connectivity index (χ1v) is 9.16. The Bertz CT molecular complexity index is 1020. The lowest BCUT2D eigenvalue weighted by atomic mass is 10.1. The lowest BCUT2D eigenvalue weighted by Gasteiger charge is -2.13. The summed E-state index contributed by atoms with van der Waals surface area (Å²) in [5, 5.41) is 12.4. The second-order valence-corrected chi connectivity index (χ2v) is 6.77. The van der Waals surface area contributed by atoms with Crippen molar-refractivity contribution in [1.29, 1.82) is 5.26 Å². The van der Waals surface area contributed by atoms with Gasteiger partial charge in [0.1, 0.15) is 17.4 Å². The number of nitrogens with zero attached hydrogens (tertiary/aromatic N) is 2. The van der Waals surface area contributed by atoms with Crippen molar-refractivity contribution in [1.82, 2.24) is 9.88 Å². The quantitative estimate of drug-likeness (QED) is 0.510. The molecule has 5 nitrogen and oxygen atoms in total. The van der Waals surface area contributed by atoms with Crippen molar-refractivity contribution < 1.29 is 9.21 Å². The molecule has 0 spiro atoms. The highest BCUT2D eigenvalue weighted by Crippen LogP contribution is 2.20. The number of carbonyl (C=O) groups is 1. The fourth-order valence-corrected chi connectivity index (χ4v) is 3.18. The first kappa shape index (κ1) is 19.2. The summed E-state index contributed by atoms with van der Waals surface area (Å²) in [7, 11) is 0. The Labute approximate surface area is 164 Å². The Morgan fingerprint density at radius 3 is 2.64 bits per heavy atom. The molecule has 2 heterocycles. The lowest BCUT2D eigenvalue weighted by molar-refractivity contribution is -0.117. The van der Waals surface area contributed by atoms with E-state index >= 15 is 0 Å². The molecule has 3 aromatic rings. The second kappa shape index (κ2) is 8.45. The Kier molecular flexibility index (Phi) is 5.81. The molecule has 5 heteroatoms. The molecule has 0 saturated heterocycles. The minimum Gasteiger partial charge on any atom is -0.467 e. The maximum atomic E-state index is 12.6. The molecule has 1 atom stereocenters. The van der Waals surface area contributed by atoms with Gasteiger partial charge in [-0.05, 0) is 56.2 Å². The van der Waals surface area contributed by atoms with Gasteiger partial charge in [-0.2, -0.15) is 5.26 Å². The zero-order valence-corrected chi connectivity index (χ0v) is 16.3. The summed E-state index contributed by atoms with van der Waals surface area (Å²) < 4.78 is 7.53. The molecule has 1 N–H and O–H groups in total. The molecule has 1 aromatic carbocycles. The molecular formula is C23H23N3O2. The summed E-state index contributed by atoms with van der Waals surface area (Å²) in [6.07, 6.45) is 3.30. The summed E-state index contributed by atoms with van der Waals surface area (Å²) in [6, 6.07) is 17.3. The Morgan fingerprint density at radius 1 is 1.25 bits per heavy atom. The van der Waals surface area contributed by atoms with Crippen LogP contribution in [-0.2, 0) is 11.3 Å². The van der Waals surface area contributed by atoms with Crippen LogP contribution in [0.1, 0.15) is 41.2 Å². The predicted octanol–water partition coefficient (Wildman–Crippen LogP) is 4.53. The van der Waals surface area contributed by atoms with Gasteiger partial charge in [0, 0.05) is 11.4 Å². The highest BCUT2D eigenvalue weighted by atomic mass is 16.3. The summed E-state index contributed by atoms with van der Waals surface area (Å²) in [4.78, 5) is 12.6. The molecule has 142 valence electrons. The van der Waals surface area contributed by atoms with Gasteiger partial charge in [0.2, 0.25) is 0 Å². The van der Waals surface area contributed by atoms with Gasteiger partial charge in [-0.3, -0.25) is 4.79 Å². The average molecular weight is 373 g/mol. The van der Waals surface area contributed by atoms with Crippen LogP contribution in [0.2, 0.25) is 0 Å². The van der Waals surface area contributed by atoms with E-state index in [9.17, 15) is 10.1 Å². The van der Waals surface area contributed by atoms with Crippen molar-refractivity contribution in [2.75, 3.05) is 0 Å². The number of furan rings is 1. The summed E-state index contributed by atoms with van der Waals surface area (Å²) >= 11 is 0. The van der Waals surface area contributed by atoms with Crippen molar-refractivity contribution in [2.45, 2.75) is 33.4 Å². The first-order chi connectivity index (χ1) is 13.5. The van der Waals surface area contributed by atoms with Crippen LogP contribution in [0, 0.1) is 25.2 Å². The van der Waals surface area contributed by atoms with Gasteiger partial charge in [0.15, 0.2) is 0 Å².